The van der Waals surface area contributed by atoms with Crippen LogP contribution in [0.4, 0.5) is 0 Å². The van der Waals surface area contributed by atoms with E-state index in [1.54, 1.807) is 7.11 Å². The van der Waals surface area contributed by atoms with E-state index in [4.69, 9.17) is 4.74 Å². The highest BCUT2D eigenvalue weighted by Gasteiger charge is 2.24. The lowest BCUT2D eigenvalue weighted by Gasteiger charge is -2.28. The van der Waals surface area contributed by atoms with E-state index in [2.05, 4.69) is 41.7 Å². The zero-order valence-corrected chi connectivity index (χ0v) is 18.9. The molecular formula is C17H37IN4O2. The number of methoxy groups -OCH3 is 1. The molecule has 0 aromatic carbocycles. The van der Waals surface area contributed by atoms with Crippen molar-refractivity contribution in [1.82, 2.24) is 16.0 Å². The van der Waals surface area contributed by atoms with E-state index >= 15 is 0 Å². The third-order valence-corrected chi connectivity index (χ3v) is 3.39. The maximum absolute atomic E-state index is 11.8. The van der Waals surface area contributed by atoms with Gasteiger partial charge in [-0.3, -0.25) is 9.79 Å². The molecule has 0 aliphatic heterocycles. The van der Waals surface area contributed by atoms with Crippen LogP contribution >= 0.6 is 24.0 Å². The van der Waals surface area contributed by atoms with Crippen molar-refractivity contribution < 1.29 is 9.53 Å². The first kappa shape index (κ1) is 25.7. The number of nitrogens with one attached hydrogen (secondary N) is 3. The topological polar surface area (TPSA) is 74.8 Å². The molecule has 0 aliphatic carbocycles. The van der Waals surface area contributed by atoms with Gasteiger partial charge in [-0.05, 0) is 12.3 Å². The lowest BCUT2D eigenvalue weighted by molar-refractivity contribution is -0.128. The number of amides is 1. The van der Waals surface area contributed by atoms with Crippen molar-refractivity contribution in [3.05, 3.63) is 0 Å². The van der Waals surface area contributed by atoms with Gasteiger partial charge in [0.05, 0.1) is 12.6 Å². The average Bonchev–Trinajstić information content (AvgIpc) is 2.41. The first-order chi connectivity index (χ1) is 10.5. The SMILES string of the molecule is CCNC(=NCC(OC)C(C)(C)C)NCCNC(=O)C(C)(C)C.I. The number of nitrogens with zero attached hydrogens (tertiary/aromatic N) is 1. The summed E-state index contributed by atoms with van der Waals surface area (Å²) in [5.74, 6) is 0.789. The second kappa shape index (κ2) is 11.9. The number of halogens is 1. The molecule has 0 saturated carbocycles. The van der Waals surface area contributed by atoms with Gasteiger partial charge in [0.1, 0.15) is 0 Å². The molecule has 3 N–H and O–H groups in total. The minimum absolute atomic E-state index is 0. The quantitative estimate of drug-likeness (QED) is 0.238. The smallest absolute Gasteiger partial charge is 0.225 e. The molecule has 0 aromatic rings. The summed E-state index contributed by atoms with van der Waals surface area (Å²) in [6.07, 6.45) is 0.0542. The first-order valence-electron chi connectivity index (χ1n) is 8.35. The van der Waals surface area contributed by atoms with Crippen LogP contribution in [0.3, 0.4) is 0 Å². The molecule has 24 heavy (non-hydrogen) atoms. The fraction of sp³-hybridized carbons (Fsp3) is 0.882. The van der Waals surface area contributed by atoms with Gasteiger partial charge >= 0.3 is 0 Å². The Kier molecular flexibility index (Phi) is 12.7. The minimum atomic E-state index is -0.364. The second-order valence-corrected chi connectivity index (χ2v) is 7.74. The highest BCUT2D eigenvalue weighted by atomic mass is 127. The lowest BCUT2D eigenvalue weighted by Crippen LogP contribution is -2.44. The van der Waals surface area contributed by atoms with E-state index < -0.39 is 0 Å². The van der Waals surface area contributed by atoms with Gasteiger partial charge in [-0.1, -0.05) is 41.5 Å². The van der Waals surface area contributed by atoms with E-state index in [1.807, 2.05) is 27.7 Å². The van der Waals surface area contributed by atoms with Crippen LogP contribution in [-0.2, 0) is 9.53 Å². The molecule has 0 radical (unpaired) electrons. The molecule has 0 rings (SSSR count). The zero-order valence-electron chi connectivity index (χ0n) is 16.6. The van der Waals surface area contributed by atoms with Crippen molar-refractivity contribution in [2.24, 2.45) is 15.8 Å². The highest BCUT2D eigenvalue weighted by molar-refractivity contribution is 14.0. The Morgan fingerprint density at radius 2 is 1.58 bits per heavy atom. The molecule has 0 aliphatic rings. The Morgan fingerprint density at radius 1 is 1.04 bits per heavy atom. The molecule has 0 aromatic heterocycles. The average molecular weight is 456 g/mol. The third-order valence-electron chi connectivity index (χ3n) is 3.39. The van der Waals surface area contributed by atoms with Crippen molar-refractivity contribution >= 4 is 35.8 Å². The van der Waals surface area contributed by atoms with E-state index in [0.717, 1.165) is 12.5 Å². The monoisotopic (exact) mass is 456 g/mol. The Hall–Kier alpha value is -0.570. The molecule has 0 saturated heterocycles. The minimum Gasteiger partial charge on any atom is -0.379 e. The van der Waals surface area contributed by atoms with Gasteiger partial charge < -0.3 is 20.7 Å². The number of hydrogen-bond acceptors (Lipinski definition) is 3. The van der Waals surface area contributed by atoms with Crippen LogP contribution in [0.15, 0.2) is 4.99 Å². The summed E-state index contributed by atoms with van der Waals surface area (Å²) in [5.41, 5.74) is -0.326. The first-order valence-corrected chi connectivity index (χ1v) is 8.35. The van der Waals surface area contributed by atoms with Gasteiger partial charge in [-0.2, -0.15) is 0 Å². The number of rotatable bonds is 7. The summed E-state index contributed by atoms with van der Waals surface area (Å²) in [6, 6.07) is 0. The summed E-state index contributed by atoms with van der Waals surface area (Å²) >= 11 is 0. The summed E-state index contributed by atoms with van der Waals surface area (Å²) in [5, 5.41) is 9.34. The fourth-order valence-corrected chi connectivity index (χ4v) is 1.84. The van der Waals surface area contributed by atoms with Gasteiger partial charge in [-0.15, -0.1) is 24.0 Å². The molecular weight excluding hydrogens is 419 g/mol. The van der Waals surface area contributed by atoms with Crippen LogP contribution < -0.4 is 16.0 Å². The number of carbonyl (C=O) groups is 1. The Balaban J connectivity index is 0. The number of carbonyl (C=O) groups excluding carboxylic acids is 1. The van der Waals surface area contributed by atoms with Crippen molar-refractivity contribution in [3.8, 4) is 0 Å². The molecule has 6 nitrogen and oxygen atoms in total. The molecule has 0 bridgehead atoms. The summed E-state index contributed by atoms with van der Waals surface area (Å²) < 4.78 is 5.52. The molecule has 7 heteroatoms. The van der Waals surface area contributed by atoms with Crippen LogP contribution in [0, 0.1) is 10.8 Å². The third kappa shape index (κ3) is 11.1. The highest BCUT2D eigenvalue weighted by Crippen LogP contribution is 2.21. The molecule has 1 atom stereocenters. The van der Waals surface area contributed by atoms with Gasteiger partial charge in [0.2, 0.25) is 5.91 Å². The van der Waals surface area contributed by atoms with E-state index in [-0.39, 0.29) is 46.8 Å². The lowest BCUT2D eigenvalue weighted by atomic mass is 9.89. The van der Waals surface area contributed by atoms with Crippen LogP contribution in [-0.4, -0.2) is 51.3 Å². The van der Waals surface area contributed by atoms with Crippen molar-refractivity contribution in [3.63, 3.8) is 0 Å². The molecule has 144 valence electrons. The summed E-state index contributed by atoms with van der Waals surface area (Å²) in [6.45, 7) is 16.7. The van der Waals surface area contributed by atoms with E-state index in [9.17, 15) is 4.79 Å². The molecule has 1 amide bonds. The molecule has 1 unspecified atom stereocenters. The number of guanidine groups is 1. The molecule has 0 spiro atoms. The largest absolute Gasteiger partial charge is 0.379 e. The predicted octanol–water partition coefficient (Wildman–Crippen LogP) is 2.38. The standard InChI is InChI=1S/C17H36N4O2.HI/c1-9-18-15(21-12-13(23-8)16(2,3)4)20-11-10-19-14(22)17(5,6)7;/h13H,9-12H2,1-8H3,(H,19,22)(H2,18,20,21);1H. The van der Waals surface area contributed by atoms with E-state index in [0.29, 0.717) is 19.6 Å². The van der Waals surface area contributed by atoms with Gasteiger partial charge in [-0.25, -0.2) is 0 Å². The second-order valence-electron chi connectivity index (χ2n) is 7.74. The molecule has 0 heterocycles. The Labute approximate surface area is 165 Å². The normalized spacial score (nSPS) is 13.8. The van der Waals surface area contributed by atoms with Gasteiger partial charge in [0, 0.05) is 32.2 Å². The summed E-state index contributed by atoms with van der Waals surface area (Å²) in [4.78, 5) is 16.4. The van der Waals surface area contributed by atoms with Crippen LogP contribution in [0.2, 0.25) is 0 Å². The maximum atomic E-state index is 11.8. The molecule has 0 fully saturated rings. The van der Waals surface area contributed by atoms with Crippen LogP contribution in [0.1, 0.15) is 48.5 Å². The van der Waals surface area contributed by atoms with Crippen LogP contribution in [0.25, 0.3) is 0 Å². The van der Waals surface area contributed by atoms with Crippen molar-refractivity contribution in [1.29, 1.82) is 0 Å². The van der Waals surface area contributed by atoms with Crippen molar-refractivity contribution in [2.75, 3.05) is 33.3 Å². The van der Waals surface area contributed by atoms with E-state index in [1.165, 1.54) is 0 Å². The zero-order chi connectivity index (χ0) is 18.1. The predicted molar refractivity (Wildman–Crippen MR) is 112 cm³/mol. The van der Waals surface area contributed by atoms with Gasteiger partial charge in [0.15, 0.2) is 5.96 Å². The maximum Gasteiger partial charge on any atom is 0.225 e. The van der Waals surface area contributed by atoms with Crippen molar-refractivity contribution in [2.45, 2.75) is 54.6 Å². The Bertz CT molecular complexity index is 387. The number of hydrogen-bond donors (Lipinski definition) is 3. The van der Waals surface area contributed by atoms with Crippen LogP contribution in [0.5, 0.6) is 0 Å². The Morgan fingerprint density at radius 3 is 2.00 bits per heavy atom. The van der Waals surface area contributed by atoms with Gasteiger partial charge in [0.25, 0.3) is 0 Å². The fourth-order valence-electron chi connectivity index (χ4n) is 1.84. The summed E-state index contributed by atoms with van der Waals surface area (Å²) in [7, 11) is 1.72. The number of aliphatic imine (C=N–C) groups is 1. The number of ether oxygens (including phenoxy) is 1.